The van der Waals surface area contributed by atoms with Crippen LogP contribution in [0.1, 0.15) is 17.3 Å². The van der Waals surface area contributed by atoms with E-state index >= 15 is 0 Å². The zero-order valence-corrected chi connectivity index (χ0v) is 8.24. The lowest BCUT2D eigenvalue weighted by atomic mass is 10.1. The maximum atomic E-state index is 10.7. The fraction of sp³-hybridized carbons (Fsp3) is 0.125. The van der Waals surface area contributed by atoms with Crippen LogP contribution in [0.5, 0.6) is 0 Å². The summed E-state index contributed by atoms with van der Waals surface area (Å²) in [6, 6.07) is 6.94. The van der Waals surface area contributed by atoms with Gasteiger partial charge in [0, 0.05) is 11.3 Å². The highest BCUT2D eigenvalue weighted by molar-refractivity contribution is 5.94. The summed E-state index contributed by atoms with van der Waals surface area (Å²) in [5, 5.41) is 0. The van der Waals surface area contributed by atoms with Crippen LogP contribution in [0.2, 0.25) is 0 Å². The Hall–Kier alpha value is -0.730. The van der Waals surface area contributed by atoms with Gasteiger partial charge in [-0.1, -0.05) is 12.1 Å². The minimum absolute atomic E-state index is 0. The Bertz CT molecular complexity index is 263. The van der Waals surface area contributed by atoms with Gasteiger partial charge in [0.25, 0.3) is 0 Å². The van der Waals surface area contributed by atoms with Gasteiger partial charge >= 0.3 is 0 Å². The van der Waals surface area contributed by atoms with E-state index in [1.165, 1.54) is 6.92 Å². The number of nitrogen functional groups attached to an aromatic ring is 1. The molecule has 0 atom stereocenters. The smallest absolute Gasteiger partial charge is 0.159 e. The summed E-state index contributed by atoms with van der Waals surface area (Å²) in [7, 11) is 0. The Morgan fingerprint density at radius 1 is 1.33 bits per heavy atom. The van der Waals surface area contributed by atoms with Gasteiger partial charge in [-0.25, -0.2) is 0 Å². The fourth-order valence-corrected chi connectivity index (χ4v) is 0.758. The molecule has 0 saturated heterocycles. The monoisotopic (exact) mass is 207 g/mol. The molecule has 2 nitrogen and oxygen atoms in total. The van der Waals surface area contributed by atoms with Crippen molar-refractivity contribution >= 4 is 36.3 Å². The van der Waals surface area contributed by atoms with Crippen LogP contribution in [0.15, 0.2) is 24.3 Å². The van der Waals surface area contributed by atoms with Crippen LogP contribution < -0.4 is 5.73 Å². The molecule has 0 heterocycles. The largest absolute Gasteiger partial charge is 0.399 e. The highest BCUT2D eigenvalue weighted by Gasteiger charge is 1.96. The van der Waals surface area contributed by atoms with E-state index in [1.807, 2.05) is 0 Å². The van der Waals surface area contributed by atoms with E-state index in [9.17, 15) is 4.79 Å². The molecule has 1 aromatic rings. The highest BCUT2D eigenvalue weighted by atomic mass is 35.5. The van der Waals surface area contributed by atoms with Gasteiger partial charge in [0.15, 0.2) is 5.78 Å². The number of rotatable bonds is 1. The second-order valence-electron chi connectivity index (χ2n) is 2.18. The Morgan fingerprint density at radius 2 is 1.92 bits per heavy atom. The number of hydrogen-bond donors (Lipinski definition) is 1. The van der Waals surface area contributed by atoms with Crippen molar-refractivity contribution in [3.63, 3.8) is 0 Å². The summed E-state index contributed by atoms with van der Waals surface area (Å²) in [4.78, 5) is 10.7. The molecule has 0 spiro atoms. The van der Waals surface area contributed by atoms with Crippen LogP contribution in [0, 0.1) is 0 Å². The number of anilines is 1. The molecule has 2 N–H and O–H groups in total. The second kappa shape index (κ2) is 5.86. The third-order valence-corrected chi connectivity index (χ3v) is 1.29. The minimum atomic E-state index is 0. The van der Waals surface area contributed by atoms with E-state index in [2.05, 4.69) is 0 Å². The zero-order valence-electron chi connectivity index (χ0n) is 6.61. The van der Waals surface area contributed by atoms with Crippen LogP contribution in [-0.2, 0) is 0 Å². The first-order valence-corrected chi connectivity index (χ1v) is 3.06. The number of hydrogen-bond acceptors (Lipinski definition) is 2. The number of ketones is 1. The first-order valence-electron chi connectivity index (χ1n) is 3.06. The number of carbonyl (C=O) groups is 1. The van der Waals surface area contributed by atoms with E-state index in [0.29, 0.717) is 11.3 Å². The Labute approximate surface area is 84.0 Å². The maximum Gasteiger partial charge on any atom is 0.159 e. The van der Waals surface area contributed by atoms with Crippen molar-refractivity contribution in [1.29, 1.82) is 0 Å². The molecule has 0 unspecified atom stereocenters. The first-order chi connectivity index (χ1) is 4.70. The molecule has 0 amide bonds. The number of benzene rings is 1. The summed E-state index contributed by atoms with van der Waals surface area (Å²) in [5.74, 6) is 0.0484. The molecule has 0 radical (unpaired) electrons. The molecule has 0 saturated carbocycles. The lowest BCUT2D eigenvalue weighted by Gasteiger charge is -1.94. The van der Waals surface area contributed by atoms with E-state index in [0.717, 1.165) is 0 Å². The SMILES string of the molecule is CC(=O)c1cccc(N)c1.Cl.Cl. The van der Waals surface area contributed by atoms with Crippen molar-refractivity contribution in [3.8, 4) is 0 Å². The summed E-state index contributed by atoms with van der Waals surface area (Å²) < 4.78 is 0. The quantitative estimate of drug-likeness (QED) is 0.568. The normalized spacial score (nSPS) is 7.75. The fourth-order valence-electron chi connectivity index (χ4n) is 0.758. The van der Waals surface area contributed by atoms with Gasteiger partial charge < -0.3 is 5.73 Å². The molecule has 1 aromatic carbocycles. The minimum Gasteiger partial charge on any atom is -0.399 e. The van der Waals surface area contributed by atoms with Crippen molar-refractivity contribution in [3.05, 3.63) is 29.8 Å². The van der Waals surface area contributed by atoms with Crippen molar-refractivity contribution in [1.82, 2.24) is 0 Å². The lowest BCUT2D eigenvalue weighted by Crippen LogP contribution is -1.93. The second-order valence-corrected chi connectivity index (χ2v) is 2.18. The molecule has 0 bridgehead atoms. The molecular formula is C8H11Cl2NO. The molecule has 0 aliphatic carbocycles. The summed E-state index contributed by atoms with van der Waals surface area (Å²) in [5.41, 5.74) is 6.74. The number of carbonyl (C=O) groups excluding carboxylic acids is 1. The van der Waals surface area contributed by atoms with Gasteiger partial charge in [0.2, 0.25) is 0 Å². The maximum absolute atomic E-state index is 10.7. The van der Waals surface area contributed by atoms with Gasteiger partial charge in [-0.2, -0.15) is 0 Å². The first kappa shape index (κ1) is 13.8. The average Bonchev–Trinajstić information content (AvgIpc) is 1.88. The van der Waals surface area contributed by atoms with Gasteiger partial charge in [0.1, 0.15) is 0 Å². The summed E-state index contributed by atoms with van der Waals surface area (Å²) >= 11 is 0. The van der Waals surface area contributed by atoms with Crippen molar-refractivity contribution < 1.29 is 4.79 Å². The van der Waals surface area contributed by atoms with Crippen molar-refractivity contribution in [2.75, 3.05) is 5.73 Å². The van der Waals surface area contributed by atoms with Crippen molar-refractivity contribution in [2.24, 2.45) is 0 Å². The Morgan fingerprint density at radius 3 is 2.25 bits per heavy atom. The van der Waals surface area contributed by atoms with E-state index in [4.69, 9.17) is 5.73 Å². The molecular weight excluding hydrogens is 197 g/mol. The number of halogens is 2. The molecule has 0 aliphatic rings. The third-order valence-electron chi connectivity index (χ3n) is 1.29. The predicted octanol–water partition coefficient (Wildman–Crippen LogP) is 2.32. The standard InChI is InChI=1S/C8H9NO.2ClH/c1-6(10)7-3-2-4-8(9)5-7;;/h2-5H,9H2,1H3;2*1H. The van der Waals surface area contributed by atoms with Gasteiger partial charge in [-0.3, -0.25) is 4.79 Å². The summed E-state index contributed by atoms with van der Waals surface area (Å²) in [6.07, 6.45) is 0. The Kier molecular flexibility index (Phi) is 6.76. The molecule has 68 valence electrons. The van der Waals surface area contributed by atoms with Crippen LogP contribution in [-0.4, -0.2) is 5.78 Å². The highest BCUT2D eigenvalue weighted by Crippen LogP contribution is 2.06. The van der Waals surface area contributed by atoms with Gasteiger partial charge in [-0.05, 0) is 19.1 Å². The lowest BCUT2D eigenvalue weighted by molar-refractivity contribution is 0.101. The molecule has 0 fully saturated rings. The number of nitrogens with two attached hydrogens (primary N) is 1. The molecule has 1 rings (SSSR count). The molecule has 12 heavy (non-hydrogen) atoms. The van der Waals surface area contributed by atoms with Crippen LogP contribution in [0.25, 0.3) is 0 Å². The van der Waals surface area contributed by atoms with Crippen LogP contribution >= 0.6 is 24.8 Å². The van der Waals surface area contributed by atoms with Crippen molar-refractivity contribution in [2.45, 2.75) is 6.92 Å². The van der Waals surface area contributed by atoms with E-state index in [1.54, 1.807) is 24.3 Å². The van der Waals surface area contributed by atoms with E-state index in [-0.39, 0.29) is 30.6 Å². The molecule has 4 heteroatoms. The number of Topliss-reactive ketones (excluding diaryl/α,β-unsaturated/α-hetero) is 1. The zero-order chi connectivity index (χ0) is 7.56. The topological polar surface area (TPSA) is 43.1 Å². The summed E-state index contributed by atoms with van der Waals surface area (Å²) in [6.45, 7) is 1.52. The molecule has 0 aromatic heterocycles. The van der Waals surface area contributed by atoms with Gasteiger partial charge in [0.05, 0.1) is 0 Å². The Balaban J connectivity index is 0. The average molecular weight is 208 g/mol. The predicted molar refractivity (Wildman–Crippen MR) is 55.4 cm³/mol. The third kappa shape index (κ3) is 3.60. The van der Waals surface area contributed by atoms with E-state index < -0.39 is 0 Å². The van der Waals surface area contributed by atoms with Crippen LogP contribution in [0.3, 0.4) is 0 Å². The van der Waals surface area contributed by atoms with Gasteiger partial charge in [-0.15, -0.1) is 24.8 Å². The molecule has 0 aliphatic heterocycles. The van der Waals surface area contributed by atoms with Crippen LogP contribution in [0.4, 0.5) is 5.69 Å².